The molecular formula is C25H21N3O4S. The van der Waals surface area contributed by atoms with Crippen molar-refractivity contribution < 1.29 is 19.5 Å². The molecule has 0 radical (unpaired) electrons. The molecular weight excluding hydrogens is 438 g/mol. The topological polar surface area (TPSA) is 107 Å². The average molecular weight is 460 g/mol. The number of anilines is 1. The predicted molar refractivity (Wildman–Crippen MR) is 128 cm³/mol. The summed E-state index contributed by atoms with van der Waals surface area (Å²) in [6, 6.07) is 26.4. The van der Waals surface area contributed by atoms with Gasteiger partial charge < -0.3 is 20.4 Å². The van der Waals surface area contributed by atoms with E-state index < -0.39 is 11.6 Å². The summed E-state index contributed by atoms with van der Waals surface area (Å²) in [5.41, 5.74) is 6.55. The number of nitrogen functional groups attached to an aromatic ring is 1. The third-order valence-corrected chi connectivity index (χ3v) is 5.77. The van der Waals surface area contributed by atoms with Gasteiger partial charge >= 0.3 is 5.97 Å². The molecule has 1 aromatic heterocycles. The maximum atomic E-state index is 12.0. The number of nitrogens with zero attached hydrogens (tertiary/aromatic N) is 2. The van der Waals surface area contributed by atoms with Gasteiger partial charge in [-0.05, 0) is 12.1 Å². The summed E-state index contributed by atoms with van der Waals surface area (Å²) >= 11 is 1.13. The molecule has 0 aliphatic carbocycles. The van der Waals surface area contributed by atoms with Crippen LogP contribution in [0.1, 0.15) is 22.4 Å². The number of ether oxygens (including phenoxy) is 1. The van der Waals surface area contributed by atoms with Crippen molar-refractivity contribution in [2.45, 2.75) is 5.60 Å². The summed E-state index contributed by atoms with van der Waals surface area (Å²) in [6.07, 6.45) is 0. The number of thiazole rings is 1. The first-order valence-electron chi connectivity index (χ1n) is 10.0. The number of aliphatic carboxylic acids is 1. The van der Waals surface area contributed by atoms with E-state index in [0.29, 0.717) is 5.75 Å². The molecule has 1 heterocycles. The maximum Gasteiger partial charge on any atom is 0.360 e. The molecule has 3 N–H and O–H groups in total. The summed E-state index contributed by atoms with van der Waals surface area (Å²) in [4.78, 5) is 22.3. The molecule has 0 fully saturated rings. The first-order valence-corrected chi connectivity index (χ1v) is 10.9. The Balaban J connectivity index is 1.95. The highest BCUT2D eigenvalue weighted by atomic mass is 32.1. The number of hydrogen-bond acceptors (Lipinski definition) is 7. The maximum absolute atomic E-state index is 12.0. The van der Waals surface area contributed by atoms with Crippen LogP contribution in [0.15, 0.2) is 95.5 Å². The number of carbonyl (C=O) groups is 1. The minimum Gasteiger partial charge on any atom is -0.497 e. The molecule has 4 aromatic rings. The molecule has 0 saturated heterocycles. The van der Waals surface area contributed by atoms with Crippen LogP contribution in [0.5, 0.6) is 5.75 Å². The number of benzene rings is 3. The highest BCUT2D eigenvalue weighted by molar-refractivity contribution is 7.13. The SMILES string of the molecule is COc1ccc(C(O/N=C(\C(=O)O)c2csc(N)n2)(c2ccccc2)c2ccccc2)cc1. The number of carboxylic acid groups (broad SMARTS) is 1. The summed E-state index contributed by atoms with van der Waals surface area (Å²) < 4.78 is 5.32. The zero-order chi connectivity index (χ0) is 23.3. The van der Waals surface area contributed by atoms with E-state index in [9.17, 15) is 9.90 Å². The summed E-state index contributed by atoms with van der Waals surface area (Å²) in [7, 11) is 1.59. The van der Waals surface area contributed by atoms with Crippen LogP contribution in [-0.4, -0.2) is 28.9 Å². The molecule has 0 unspecified atom stereocenters. The van der Waals surface area contributed by atoms with E-state index in [0.717, 1.165) is 28.0 Å². The zero-order valence-electron chi connectivity index (χ0n) is 17.7. The largest absolute Gasteiger partial charge is 0.497 e. The van der Waals surface area contributed by atoms with E-state index in [2.05, 4.69) is 10.1 Å². The van der Waals surface area contributed by atoms with Gasteiger partial charge in [0, 0.05) is 22.1 Å². The van der Waals surface area contributed by atoms with E-state index in [1.165, 1.54) is 5.38 Å². The van der Waals surface area contributed by atoms with E-state index in [4.69, 9.17) is 15.3 Å². The van der Waals surface area contributed by atoms with Gasteiger partial charge in [-0.1, -0.05) is 78.0 Å². The number of nitrogens with two attached hydrogens (primary N) is 1. The van der Waals surface area contributed by atoms with E-state index in [1.54, 1.807) is 7.11 Å². The Bertz CT molecular complexity index is 1220. The Kier molecular flexibility index (Phi) is 6.37. The fourth-order valence-corrected chi connectivity index (χ4v) is 4.08. The standard InChI is InChI=1S/C25H21N3O4S/c1-31-20-14-12-19(13-15-20)25(17-8-4-2-5-9-17,18-10-6-3-7-11-18)32-28-22(23(29)30)21-16-33-24(26)27-21/h2-16H,1H3,(H2,26,27)(H,29,30)/b28-22-. The van der Waals surface area contributed by atoms with Crippen molar-refractivity contribution >= 4 is 28.1 Å². The van der Waals surface area contributed by atoms with Crippen LogP contribution < -0.4 is 10.5 Å². The highest BCUT2D eigenvalue weighted by Crippen LogP contribution is 2.41. The smallest absolute Gasteiger partial charge is 0.360 e. The van der Waals surface area contributed by atoms with Crippen LogP contribution >= 0.6 is 11.3 Å². The minimum atomic E-state index is -1.27. The van der Waals surface area contributed by atoms with E-state index in [1.807, 2.05) is 84.9 Å². The molecule has 0 bridgehead atoms. The molecule has 8 heteroatoms. The fourth-order valence-electron chi connectivity index (χ4n) is 3.54. The van der Waals surface area contributed by atoms with Gasteiger partial charge in [0.1, 0.15) is 11.4 Å². The Morgan fingerprint density at radius 2 is 1.48 bits per heavy atom. The number of carboxylic acids is 1. The first-order chi connectivity index (χ1) is 16.0. The molecule has 4 rings (SSSR count). The molecule has 0 amide bonds. The fraction of sp³-hybridized carbons (Fsp3) is 0.0800. The molecule has 0 aliphatic rings. The van der Waals surface area contributed by atoms with Crippen LogP contribution in [0.3, 0.4) is 0 Å². The lowest BCUT2D eigenvalue weighted by atomic mass is 9.80. The molecule has 166 valence electrons. The van der Waals surface area contributed by atoms with E-state index in [-0.39, 0.29) is 16.5 Å². The van der Waals surface area contributed by atoms with Crippen LogP contribution in [0.2, 0.25) is 0 Å². The van der Waals surface area contributed by atoms with Crippen molar-refractivity contribution in [3.05, 3.63) is 113 Å². The van der Waals surface area contributed by atoms with Crippen molar-refractivity contribution in [1.29, 1.82) is 0 Å². The van der Waals surface area contributed by atoms with Gasteiger partial charge in [0.15, 0.2) is 5.13 Å². The van der Waals surface area contributed by atoms with Gasteiger partial charge in [0.05, 0.1) is 7.11 Å². The van der Waals surface area contributed by atoms with Crippen LogP contribution in [0.4, 0.5) is 5.13 Å². The first kappa shape index (κ1) is 22.0. The normalized spacial score (nSPS) is 11.7. The predicted octanol–water partition coefficient (Wildman–Crippen LogP) is 4.53. The molecule has 7 nitrogen and oxygen atoms in total. The Hall–Kier alpha value is -4.17. The zero-order valence-corrected chi connectivity index (χ0v) is 18.5. The van der Waals surface area contributed by atoms with Gasteiger partial charge in [-0.3, -0.25) is 0 Å². The van der Waals surface area contributed by atoms with Gasteiger partial charge in [-0.15, -0.1) is 11.3 Å². The van der Waals surface area contributed by atoms with Gasteiger partial charge in [-0.2, -0.15) is 0 Å². The molecule has 0 saturated carbocycles. The van der Waals surface area contributed by atoms with Crippen LogP contribution in [0, 0.1) is 0 Å². The molecule has 33 heavy (non-hydrogen) atoms. The van der Waals surface area contributed by atoms with Crippen LogP contribution in [0.25, 0.3) is 0 Å². The number of rotatable bonds is 8. The number of methoxy groups -OCH3 is 1. The van der Waals surface area contributed by atoms with Crippen LogP contribution in [-0.2, 0) is 15.2 Å². The van der Waals surface area contributed by atoms with Crippen molar-refractivity contribution in [2.75, 3.05) is 12.8 Å². The lowest BCUT2D eigenvalue weighted by Gasteiger charge is -2.33. The molecule has 3 aromatic carbocycles. The summed E-state index contributed by atoms with van der Waals surface area (Å²) in [5.74, 6) is -0.591. The van der Waals surface area contributed by atoms with Crippen molar-refractivity contribution in [1.82, 2.24) is 4.98 Å². The quantitative estimate of drug-likeness (QED) is 0.228. The van der Waals surface area contributed by atoms with Crippen molar-refractivity contribution in [2.24, 2.45) is 5.16 Å². The van der Waals surface area contributed by atoms with E-state index >= 15 is 0 Å². The molecule has 0 spiro atoms. The van der Waals surface area contributed by atoms with Gasteiger partial charge in [0.2, 0.25) is 11.3 Å². The van der Waals surface area contributed by atoms with Crippen molar-refractivity contribution in [3.63, 3.8) is 0 Å². The van der Waals surface area contributed by atoms with Gasteiger partial charge in [0.25, 0.3) is 0 Å². The lowest BCUT2D eigenvalue weighted by molar-refractivity contribution is -0.129. The number of hydrogen-bond donors (Lipinski definition) is 2. The van der Waals surface area contributed by atoms with Crippen molar-refractivity contribution in [3.8, 4) is 5.75 Å². The Morgan fingerprint density at radius 3 is 1.94 bits per heavy atom. The average Bonchev–Trinajstić information content (AvgIpc) is 3.28. The highest BCUT2D eigenvalue weighted by Gasteiger charge is 2.40. The Morgan fingerprint density at radius 1 is 0.939 bits per heavy atom. The monoisotopic (exact) mass is 459 g/mol. The molecule has 0 atom stereocenters. The summed E-state index contributed by atoms with van der Waals surface area (Å²) in [5, 5.41) is 15.7. The third kappa shape index (κ3) is 4.42. The third-order valence-electron chi connectivity index (χ3n) is 5.10. The van der Waals surface area contributed by atoms with Gasteiger partial charge in [-0.25, -0.2) is 9.78 Å². The second-order valence-corrected chi connectivity index (χ2v) is 7.94. The lowest BCUT2D eigenvalue weighted by Crippen LogP contribution is -2.32. The summed E-state index contributed by atoms with van der Waals surface area (Å²) in [6.45, 7) is 0. The Labute approximate surface area is 194 Å². The minimum absolute atomic E-state index is 0.134. The second kappa shape index (κ2) is 9.54. The number of aromatic nitrogens is 1. The number of oxime groups is 1. The second-order valence-electron chi connectivity index (χ2n) is 7.05. The molecule has 0 aliphatic heterocycles.